The van der Waals surface area contributed by atoms with Crippen LogP contribution in [0.5, 0.6) is 0 Å². The fourth-order valence-electron chi connectivity index (χ4n) is 1.41. The summed E-state index contributed by atoms with van der Waals surface area (Å²) >= 11 is 3.31. The quantitative estimate of drug-likeness (QED) is 0.750. The highest BCUT2D eigenvalue weighted by atomic mass is 79.9. The zero-order valence-electron chi connectivity index (χ0n) is 6.34. The molecule has 2 nitrogen and oxygen atoms in total. The molecule has 0 saturated heterocycles. The van der Waals surface area contributed by atoms with Gasteiger partial charge in [-0.2, -0.15) is 0 Å². The van der Waals surface area contributed by atoms with Crippen molar-refractivity contribution in [3.8, 4) is 0 Å². The zero-order valence-corrected chi connectivity index (χ0v) is 8.74. The van der Waals surface area contributed by atoms with Gasteiger partial charge in [0.1, 0.15) is 0 Å². The molecule has 1 aromatic rings. The number of hydrogen-bond acceptors (Lipinski definition) is 2. The number of nitrogens with one attached hydrogen (secondary N) is 1. The predicted molar refractivity (Wildman–Crippen MR) is 51.8 cm³/mol. The molecule has 1 atom stereocenters. The molecule has 0 aliphatic carbocycles. The minimum Gasteiger partial charge on any atom is -0.249 e. The lowest BCUT2D eigenvalue weighted by Gasteiger charge is -1.99. The Balaban J connectivity index is 2.73. The van der Waals surface area contributed by atoms with Crippen LogP contribution in [0.1, 0.15) is 5.56 Å². The Morgan fingerprint density at radius 3 is 3.00 bits per heavy atom. The third-order valence-electron chi connectivity index (χ3n) is 2.04. The Morgan fingerprint density at radius 1 is 1.50 bits per heavy atom. The molecule has 1 aliphatic heterocycles. The first-order chi connectivity index (χ1) is 5.59. The topological polar surface area (TPSA) is 40.9 Å². The largest absolute Gasteiger partial charge is 0.249 e. The lowest BCUT2D eigenvalue weighted by molar-refractivity contribution is 0.677. The number of aryl methyl sites for hydroxylation is 1. The SMILES string of the molecule is N=S1(=O)CCc2ccc(Br)cc21. The van der Waals surface area contributed by atoms with Gasteiger partial charge in [0, 0.05) is 10.2 Å². The van der Waals surface area contributed by atoms with E-state index >= 15 is 0 Å². The van der Waals surface area contributed by atoms with Crippen LogP contribution in [0.25, 0.3) is 0 Å². The summed E-state index contributed by atoms with van der Waals surface area (Å²) in [5.74, 6) is 0.485. The van der Waals surface area contributed by atoms with Gasteiger partial charge in [0.25, 0.3) is 0 Å². The van der Waals surface area contributed by atoms with E-state index in [2.05, 4.69) is 15.9 Å². The molecule has 1 N–H and O–H groups in total. The standard InChI is InChI=1S/C8H8BrNOS/c9-7-2-1-6-3-4-12(10,11)8(6)5-7/h1-2,5,10H,3-4H2. The molecule has 0 bridgehead atoms. The first-order valence-corrected chi connectivity index (χ1v) is 6.16. The van der Waals surface area contributed by atoms with Crippen LogP contribution in [0.4, 0.5) is 0 Å². The van der Waals surface area contributed by atoms with Crippen LogP contribution in [0.2, 0.25) is 0 Å². The van der Waals surface area contributed by atoms with E-state index in [1.54, 1.807) is 6.07 Å². The summed E-state index contributed by atoms with van der Waals surface area (Å²) in [4.78, 5) is 0.719. The summed E-state index contributed by atoms with van der Waals surface area (Å²) in [6.45, 7) is 0. The minimum absolute atomic E-state index is 0.485. The van der Waals surface area contributed by atoms with Gasteiger partial charge >= 0.3 is 0 Å². The number of halogens is 1. The Labute approximate surface area is 80.1 Å². The van der Waals surface area contributed by atoms with Gasteiger partial charge in [-0.25, -0.2) is 8.99 Å². The number of rotatable bonds is 0. The van der Waals surface area contributed by atoms with E-state index in [1.807, 2.05) is 12.1 Å². The van der Waals surface area contributed by atoms with E-state index in [1.165, 1.54) is 0 Å². The molecule has 2 rings (SSSR count). The lowest BCUT2D eigenvalue weighted by atomic mass is 10.2. The normalized spacial score (nSPS) is 27.1. The highest BCUT2D eigenvalue weighted by Gasteiger charge is 2.22. The summed E-state index contributed by atoms with van der Waals surface area (Å²) in [6.07, 6.45) is 0.783. The van der Waals surface area contributed by atoms with Gasteiger partial charge in [-0.15, -0.1) is 0 Å². The van der Waals surface area contributed by atoms with E-state index in [4.69, 9.17) is 4.78 Å². The average Bonchev–Trinajstić information content (AvgIpc) is 2.28. The van der Waals surface area contributed by atoms with Crippen LogP contribution < -0.4 is 0 Å². The van der Waals surface area contributed by atoms with Gasteiger partial charge in [-0.05, 0) is 24.1 Å². The Bertz CT molecular complexity index is 425. The van der Waals surface area contributed by atoms with Crippen LogP contribution in [0.15, 0.2) is 27.6 Å². The molecule has 4 heteroatoms. The van der Waals surface area contributed by atoms with Crippen LogP contribution >= 0.6 is 15.9 Å². The molecule has 1 heterocycles. The van der Waals surface area contributed by atoms with Crippen molar-refractivity contribution in [2.24, 2.45) is 0 Å². The molecule has 64 valence electrons. The van der Waals surface area contributed by atoms with Crippen LogP contribution in [-0.2, 0) is 16.1 Å². The zero-order chi connectivity index (χ0) is 8.77. The Hall–Kier alpha value is -0.350. The second-order valence-corrected chi connectivity index (χ2v) is 6.00. The predicted octanol–water partition coefficient (Wildman–Crippen LogP) is 2.41. The fraction of sp³-hybridized carbons (Fsp3) is 0.250. The fourth-order valence-corrected chi connectivity index (χ4v) is 3.56. The van der Waals surface area contributed by atoms with E-state index in [9.17, 15) is 4.21 Å². The summed E-state index contributed by atoms with van der Waals surface area (Å²) in [7, 11) is -2.46. The van der Waals surface area contributed by atoms with Crippen molar-refractivity contribution >= 4 is 25.7 Å². The summed E-state index contributed by atoms with van der Waals surface area (Å²) in [5, 5.41) is 0. The monoisotopic (exact) mass is 245 g/mol. The number of benzene rings is 1. The molecule has 1 aromatic carbocycles. The van der Waals surface area contributed by atoms with Crippen molar-refractivity contribution in [1.29, 1.82) is 4.78 Å². The second-order valence-electron chi connectivity index (χ2n) is 2.88. The maximum atomic E-state index is 11.6. The highest BCUT2D eigenvalue weighted by molar-refractivity contribution is 9.10. The molecule has 1 aliphatic rings. The van der Waals surface area contributed by atoms with Gasteiger partial charge in [0.15, 0.2) is 0 Å². The van der Waals surface area contributed by atoms with Gasteiger partial charge in [0.2, 0.25) is 0 Å². The maximum absolute atomic E-state index is 11.6. The first kappa shape index (κ1) is 8.26. The van der Waals surface area contributed by atoms with Crippen molar-refractivity contribution < 1.29 is 4.21 Å². The van der Waals surface area contributed by atoms with Crippen molar-refractivity contribution in [1.82, 2.24) is 0 Å². The van der Waals surface area contributed by atoms with Crippen molar-refractivity contribution in [3.63, 3.8) is 0 Å². The van der Waals surface area contributed by atoms with Gasteiger partial charge in [0.05, 0.1) is 14.6 Å². The van der Waals surface area contributed by atoms with Gasteiger partial charge in [-0.1, -0.05) is 22.0 Å². The molecule has 0 fully saturated rings. The van der Waals surface area contributed by atoms with Crippen molar-refractivity contribution in [3.05, 3.63) is 28.2 Å². The number of fused-ring (bicyclic) bond motifs is 1. The summed E-state index contributed by atoms with van der Waals surface area (Å²) in [5.41, 5.74) is 1.07. The smallest absolute Gasteiger partial charge is 0.0732 e. The molecule has 0 spiro atoms. The van der Waals surface area contributed by atoms with Crippen LogP contribution in [0, 0.1) is 4.78 Å². The molecule has 0 saturated carbocycles. The van der Waals surface area contributed by atoms with E-state index < -0.39 is 9.73 Å². The molecule has 0 radical (unpaired) electrons. The number of hydrogen-bond donors (Lipinski definition) is 1. The molecule has 12 heavy (non-hydrogen) atoms. The molecule has 1 unspecified atom stereocenters. The van der Waals surface area contributed by atoms with Crippen LogP contribution in [-0.4, -0.2) is 9.96 Å². The van der Waals surface area contributed by atoms with Crippen molar-refractivity contribution in [2.75, 3.05) is 5.75 Å². The van der Waals surface area contributed by atoms with E-state index in [0.29, 0.717) is 5.75 Å². The average molecular weight is 246 g/mol. The maximum Gasteiger partial charge on any atom is 0.0732 e. The Kier molecular flexibility index (Phi) is 1.77. The molecule has 0 aromatic heterocycles. The summed E-state index contributed by atoms with van der Waals surface area (Å²) in [6, 6.07) is 5.68. The molecule has 0 amide bonds. The van der Waals surface area contributed by atoms with Gasteiger partial charge < -0.3 is 0 Å². The third-order valence-corrected chi connectivity index (χ3v) is 4.41. The molecular formula is C8H8BrNOS. The van der Waals surface area contributed by atoms with Crippen molar-refractivity contribution in [2.45, 2.75) is 11.3 Å². The second kappa shape index (κ2) is 2.57. The van der Waals surface area contributed by atoms with Gasteiger partial charge in [-0.3, -0.25) is 0 Å². The molecular weight excluding hydrogens is 238 g/mol. The third kappa shape index (κ3) is 1.19. The van der Waals surface area contributed by atoms with E-state index in [-0.39, 0.29) is 0 Å². The summed E-state index contributed by atoms with van der Waals surface area (Å²) < 4.78 is 20.1. The highest BCUT2D eigenvalue weighted by Crippen LogP contribution is 2.28. The van der Waals surface area contributed by atoms with E-state index in [0.717, 1.165) is 21.4 Å². The van der Waals surface area contributed by atoms with Crippen LogP contribution in [0.3, 0.4) is 0 Å². The minimum atomic E-state index is -2.46. The Morgan fingerprint density at radius 2 is 2.25 bits per heavy atom. The first-order valence-electron chi connectivity index (χ1n) is 3.64. The lowest BCUT2D eigenvalue weighted by Crippen LogP contribution is -1.95.